The molecule has 12 heavy (non-hydrogen) atoms. The highest BCUT2D eigenvalue weighted by Gasteiger charge is 1.98. The summed E-state index contributed by atoms with van der Waals surface area (Å²) < 4.78 is 2.07. The van der Waals surface area contributed by atoms with Crippen molar-refractivity contribution in [1.29, 1.82) is 0 Å². The Bertz CT molecular complexity index is 401. The average Bonchev–Trinajstić information content (AvgIpc) is 2.50. The molecule has 0 unspecified atom stereocenters. The van der Waals surface area contributed by atoms with Crippen LogP contribution >= 0.6 is 0 Å². The highest BCUT2D eigenvalue weighted by Crippen LogP contribution is 2.06. The van der Waals surface area contributed by atoms with Crippen LogP contribution in [0.15, 0.2) is 43.2 Å². The van der Waals surface area contributed by atoms with Crippen molar-refractivity contribution >= 4 is 5.65 Å². The molecular weight excluding hydrogens is 148 g/mol. The summed E-state index contributed by atoms with van der Waals surface area (Å²) in [5.41, 5.74) is 2.18. The number of aromatic nitrogens is 2. The van der Waals surface area contributed by atoms with E-state index in [9.17, 15) is 0 Å². The van der Waals surface area contributed by atoms with Crippen LogP contribution in [-0.4, -0.2) is 9.38 Å². The normalized spacial score (nSPS) is 10.3. The van der Waals surface area contributed by atoms with Crippen molar-refractivity contribution in [2.45, 2.75) is 6.42 Å². The zero-order valence-corrected chi connectivity index (χ0v) is 6.77. The van der Waals surface area contributed by atoms with E-state index in [1.54, 1.807) is 0 Å². The summed E-state index contributed by atoms with van der Waals surface area (Å²) in [4.78, 5) is 4.25. The lowest BCUT2D eigenvalue weighted by atomic mass is 10.3. The highest BCUT2D eigenvalue weighted by atomic mass is 15.0. The first-order valence-corrected chi connectivity index (χ1v) is 3.93. The number of pyridine rings is 1. The van der Waals surface area contributed by atoms with Crippen molar-refractivity contribution in [2.24, 2.45) is 0 Å². The third-order valence-corrected chi connectivity index (χ3v) is 1.85. The highest BCUT2D eigenvalue weighted by molar-refractivity contribution is 5.40. The van der Waals surface area contributed by atoms with Crippen LogP contribution in [0.3, 0.4) is 0 Å². The summed E-state index contributed by atoms with van der Waals surface area (Å²) in [6.45, 7) is 3.70. The van der Waals surface area contributed by atoms with Crippen LogP contribution in [0, 0.1) is 0 Å². The maximum atomic E-state index is 4.25. The molecule has 2 nitrogen and oxygen atoms in total. The van der Waals surface area contributed by atoms with Crippen LogP contribution in [0.2, 0.25) is 0 Å². The number of rotatable bonds is 2. The lowest BCUT2D eigenvalue weighted by molar-refractivity contribution is 1.05. The van der Waals surface area contributed by atoms with Gasteiger partial charge in [0.05, 0.1) is 0 Å². The number of hydrogen-bond donors (Lipinski definition) is 0. The first-order valence-electron chi connectivity index (χ1n) is 3.93. The number of nitrogens with zero attached hydrogens (tertiary/aromatic N) is 2. The zero-order valence-electron chi connectivity index (χ0n) is 6.77. The molecule has 0 amide bonds. The lowest BCUT2D eigenvalue weighted by Crippen LogP contribution is -1.88. The van der Waals surface area contributed by atoms with Gasteiger partial charge in [-0.1, -0.05) is 12.1 Å². The largest absolute Gasteiger partial charge is 0.304 e. The van der Waals surface area contributed by atoms with Gasteiger partial charge in [0.1, 0.15) is 5.65 Å². The number of imidazole rings is 1. The van der Waals surface area contributed by atoms with Gasteiger partial charge in [0.15, 0.2) is 0 Å². The van der Waals surface area contributed by atoms with Gasteiger partial charge in [-0.15, -0.1) is 6.58 Å². The summed E-state index contributed by atoms with van der Waals surface area (Å²) >= 11 is 0. The molecule has 2 aromatic heterocycles. The quantitative estimate of drug-likeness (QED) is 0.611. The molecule has 2 rings (SSSR count). The summed E-state index contributed by atoms with van der Waals surface area (Å²) in [7, 11) is 0. The standard InChI is InChI=1S/C10H10N2/c1-2-5-9-8-11-10-6-3-4-7-12(9)10/h2-4,6-8H,1,5H2. The smallest absolute Gasteiger partial charge is 0.136 e. The third-order valence-electron chi connectivity index (χ3n) is 1.85. The van der Waals surface area contributed by atoms with Crippen LogP contribution in [0.1, 0.15) is 5.69 Å². The Morgan fingerprint density at radius 1 is 1.50 bits per heavy atom. The Labute approximate surface area is 71.2 Å². The van der Waals surface area contributed by atoms with Gasteiger partial charge >= 0.3 is 0 Å². The van der Waals surface area contributed by atoms with Crippen LogP contribution in [-0.2, 0) is 6.42 Å². The molecule has 0 N–H and O–H groups in total. The van der Waals surface area contributed by atoms with Gasteiger partial charge in [0, 0.05) is 24.5 Å². The van der Waals surface area contributed by atoms with E-state index in [0.717, 1.165) is 12.1 Å². The maximum absolute atomic E-state index is 4.25. The van der Waals surface area contributed by atoms with Crippen LogP contribution in [0.4, 0.5) is 0 Å². The van der Waals surface area contributed by atoms with Gasteiger partial charge in [0.25, 0.3) is 0 Å². The van der Waals surface area contributed by atoms with Crippen molar-refractivity contribution in [3.8, 4) is 0 Å². The first-order chi connectivity index (χ1) is 5.92. The fourth-order valence-corrected chi connectivity index (χ4v) is 1.28. The molecule has 0 aliphatic heterocycles. The molecular formula is C10H10N2. The van der Waals surface area contributed by atoms with E-state index in [-0.39, 0.29) is 0 Å². The molecule has 2 heterocycles. The average molecular weight is 158 g/mol. The van der Waals surface area contributed by atoms with E-state index < -0.39 is 0 Å². The van der Waals surface area contributed by atoms with E-state index in [4.69, 9.17) is 0 Å². The second kappa shape index (κ2) is 2.81. The Hall–Kier alpha value is -1.57. The second-order valence-corrected chi connectivity index (χ2v) is 2.67. The van der Waals surface area contributed by atoms with Crippen molar-refractivity contribution in [1.82, 2.24) is 9.38 Å². The Morgan fingerprint density at radius 2 is 2.42 bits per heavy atom. The maximum Gasteiger partial charge on any atom is 0.136 e. The summed E-state index contributed by atoms with van der Waals surface area (Å²) in [5.74, 6) is 0. The molecule has 0 atom stereocenters. The van der Waals surface area contributed by atoms with Crippen molar-refractivity contribution in [3.05, 3.63) is 48.9 Å². The summed E-state index contributed by atoms with van der Waals surface area (Å²) in [6.07, 6.45) is 6.65. The Morgan fingerprint density at radius 3 is 3.25 bits per heavy atom. The fraction of sp³-hybridized carbons (Fsp3) is 0.100. The van der Waals surface area contributed by atoms with Gasteiger partial charge in [-0.3, -0.25) is 0 Å². The molecule has 0 fully saturated rings. The van der Waals surface area contributed by atoms with Gasteiger partial charge in [0.2, 0.25) is 0 Å². The van der Waals surface area contributed by atoms with Gasteiger partial charge in [-0.25, -0.2) is 4.98 Å². The molecule has 0 aliphatic rings. The third kappa shape index (κ3) is 1.01. The molecule has 2 heteroatoms. The predicted molar refractivity (Wildman–Crippen MR) is 49.1 cm³/mol. The molecule has 60 valence electrons. The minimum Gasteiger partial charge on any atom is -0.304 e. The minimum atomic E-state index is 0.866. The number of allylic oxidation sites excluding steroid dienone is 1. The number of hydrogen-bond acceptors (Lipinski definition) is 1. The summed E-state index contributed by atoms with van der Waals surface area (Å²) in [5, 5.41) is 0. The van der Waals surface area contributed by atoms with Crippen molar-refractivity contribution in [3.63, 3.8) is 0 Å². The van der Waals surface area contributed by atoms with E-state index >= 15 is 0 Å². The predicted octanol–water partition coefficient (Wildman–Crippen LogP) is 2.06. The monoisotopic (exact) mass is 158 g/mol. The molecule has 0 bridgehead atoms. The molecule has 0 aliphatic carbocycles. The van der Waals surface area contributed by atoms with Crippen molar-refractivity contribution < 1.29 is 0 Å². The minimum absolute atomic E-state index is 0.866. The molecule has 2 aromatic rings. The molecule has 0 aromatic carbocycles. The number of fused-ring (bicyclic) bond motifs is 1. The van der Waals surface area contributed by atoms with Crippen LogP contribution in [0.5, 0.6) is 0 Å². The molecule has 0 spiro atoms. The van der Waals surface area contributed by atoms with Crippen LogP contribution in [0.25, 0.3) is 5.65 Å². The second-order valence-electron chi connectivity index (χ2n) is 2.67. The van der Waals surface area contributed by atoms with Crippen molar-refractivity contribution in [2.75, 3.05) is 0 Å². The van der Waals surface area contributed by atoms with E-state index in [1.807, 2.05) is 36.7 Å². The van der Waals surface area contributed by atoms with E-state index in [2.05, 4.69) is 16.0 Å². The molecule has 0 saturated heterocycles. The topological polar surface area (TPSA) is 17.3 Å². The Kier molecular flexibility index (Phi) is 1.67. The SMILES string of the molecule is C=CCc1cnc2ccccn12. The fourth-order valence-electron chi connectivity index (χ4n) is 1.28. The van der Waals surface area contributed by atoms with E-state index in [0.29, 0.717) is 0 Å². The molecule has 0 radical (unpaired) electrons. The van der Waals surface area contributed by atoms with Gasteiger partial charge in [-0.05, 0) is 12.1 Å². The van der Waals surface area contributed by atoms with Gasteiger partial charge < -0.3 is 4.40 Å². The van der Waals surface area contributed by atoms with Crippen LogP contribution < -0.4 is 0 Å². The van der Waals surface area contributed by atoms with Gasteiger partial charge in [-0.2, -0.15) is 0 Å². The van der Waals surface area contributed by atoms with E-state index in [1.165, 1.54) is 5.69 Å². The lowest BCUT2D eigenvalue weighted by Gasteiger charge is -1.95. The summed E-state index contributed by atoms with van der Waals surface area (Å²) in [6, 6.07) is 5.98. The Balaban J connectivity index is 2.62. The first kappa shape index (κ1) is 7.10. The molecule has 0 saturated carbocycles. The zero-order chi connectivity index (χ0) is 8.39.